The molecule has 0 unspecified atom stereocenters. The van der Waals surface area contributed by atoms with Crippen LogP contribution in [0.25, 0.3) is 0 Å². The van der Waals surface area contributed by atoms with Gasteiger partial charge in [0, 0.05) is 5.56 Å². The Morgan fingerprint density at radius 2 is 1.90 bits per heavy atom. The number of carbonyl (C=O) groups is 1. The molecular formula is C15H27N3O2. The molecule has 1 aromatic rings. The van der Waals surface area contributed by atoms with Crippen molar-refractivity contribution in [1.82, 2.24) is 10.3 Å². The number of unbranched alkanes of at least 4 members (excludes halogenated alkanes) is 2. The van der Waals surface area contributed by atoms with E-state index in [0.29, 0.717) is 5.76 Å². The molecule has 0 saturated heterocycles. The summed E-state index contributed by atoms with van der Waals surface area (Å²) in [6.45, 7) is 9.12. The lowest BCUT2D eigenvalue weighted by Crippen LogP contribution is -2.30. The number of hydrazine groups is 1. The number of rotatable bonds is 9. The number of carbonyl (C=O) groups excluding carboxylic acids is 1. The van der Waals surface area contributed by atoms with Crippen LogP contribution < -0.4 is 11.3 Å². The predicted octanol–water partition coefficient (Wildman–Crippen LogP) is 2.59. The summed E-state index contributed by atoms with van der Waals surface area (Å²) in [7, 11) is 0. The van der Waals surface area contributed by atoms with Crippen LogP contribution in [-0.2, 0) is 6.54 Å². The van der Waals surface area contributed by atoms with E-state index in [0.717, 1.165) is 31.0 Å². The SMILES string of the molecule is CCCCN(CCCC)Cc1cc(C)c(C(=O)NN)o1. The first-order valence-electron chi connectivity index (χ1n) is 7.44. The van der Waals surface area contributed by atoms with Crippen molar-refractivity contribution in [2.24, 2.45) is 5.84 Å². The van der Waals surface area contributed by atoms with E-state index in [1.165, 1.54) is 25.7 Å². The molecule has 1 aromatic heterocycles. The lowest BCUT2D eigenvalue weighted by molar-refractivity contribution is 0.0921. The van der Waals surface area contributed by atoms with Gasteiger partial charge in [0.25, 0.3) is 0 Å². The molecule has 3 N–H and O–H groups in total. The number of furan rings is 1. The highest BCUT2D eigenvalue weighted by molar-refractivity contribution is 5.92. The molecular weight excluding hydrogens is 254 g/mol. The van der Waals surface area contributed by atoms with Crippen LogP contribution in [0.1, 0.15) is 61.4 Å². The third-order valence-electron chi connectivity index (χ3n) is 3.34. The molecule has 0 saturated carbocycles. The van der Waals surface area contributed by atoms with E-state index in [1.807, 2.05) is 13.0 Å². The Morgan fingerprint density at radius 1 is 1.30 bits per heavy atom. The van der Waals surface area contributed by atoms with Crippen LogP contribution in [0.5, 0.6) is 0 Å². The molecule has 0 fully saturated rings. The zero-order valence-electron chi connectivity index (χ0n) is 12.9. The Bertz CT molecular complexity index is 407. The molecule has 20 heavy (non-hydrogen) atoms. The second-order valence-corrected chi connectivity index (χ2v) is 5.18. The number of aryl methyl sites for hydroxylation is 1. The minimum Gasteiger partial charge on any atom is -0.454 e. The van der Waals surface area contributed by atoms with Crippen molar-refractivity contribution >= 4 is 5.91 Å². The minimum atomic E-state index is -0.373. The van der Waals surface area contributed by atoms with Crippen LogP contribution in [0.4, 0.5) is 0 Å². The van der Waals surface area contributed by atoms with Crippen LogP contribution in [-0.4, -0.2) is 23.9 Å². The highest BCUT2D eigenvalue weighted by Crippen LogP contribution is 2.17. The van der Waals surface area contributed by atoms with Gasteiger partial charge in [-0.25, -0.2) is 5.84 Å². The Balaban J connectivity index is 2.69. The molecule has 0 aliphatic heterocycles. The van der Waals surface area contributed by atoms with Gasteiger partial charge >= 0.3 is 5.91 Å². The number of nitrogens with zero attached hydrogens (tertiary/aromatic N) is 1. The number of nitrogens with two attached hydrogens (primary N) is 1. The van der Waals surface area contributed by atoms with Crippen molar-refractivity contribution in [2.75, 3.05) is 13.1 Å². The maximum absolute atomic E-state index is 11.5. The van der Waals surface area contributed by atoms with Gasteiger partial charge in [-0.15, -0.1) is 0 Å². The summed E-state index contributed by atoms with van der Waals surface area (Å²) in [5.41, 5.74) is 2.94. The predicted molar refractivity (Wildman–Crippen MR) is 80.2 cm³/mol. The summed E-state index contributed by atoms with van der Waals surface area (Å²) in [5, 5.41) is 0. The van der Waals surface area contributed by atoms with Crippen molar-refractivity contribution in [3.8, 4) is 0 Å². The molecule has 0 aliphatic carbocycles. The molecule has 0 aromatic carbocycles. The van der Waals surface area contributed by atoms with Gasteiger partial charge in [-0.05, 0) is 38.9 Å². The van der Waals surface area contributed by atoms with E-state index in [9.17, 15) is 4.79 Å². The second-order valence-electron chi connectivity index (χ2n) is 5.18. The Morgan fingerprint density at radius 3 is 2.40 bits per heavy atom. The summed E-state index contributed by atoms with van der Waals surface area (Å²) in [5.74, 6) is 5.91. The Hall–Kier alpha value is -1.33. The standard InChI is InChI=1S/C15H27N3O2/c1-4-6-8-18(9-7-5-2)11-13-10-12(3)14(20-13)15(19)17-16/h10H,4-9,11,16H2,1-3H3,(H,17,19). The summed E-state index contributed by atoms with van der Waals surface area (Å²) < 4.78 is 5.62. The summed E-state index contributed by atoms with van der Waals surface area (Å²) >= 11 is 0. The van der Waals surface area contributed by atoms with Gasteiger partial charge in [0.15, 0.2) is 5.76 Å². The van der Waals surface area contributed by atoms with Gasteiger partial charge in [0.1, 0.15) is 5.76 Å². The first kappa shape index (κ1) is 16.7. The highest BCUT2D eigenvalue weighted by atomic mass is 16.4. The van der Waals surface area contributed by atoms with Crippen LogP contribution in [0.2, 0.25) is 0 Å². The first-order chi connectivity index (χ1) is 9.62. The van der Waals surface area contributed by atoms with Crippen LogP contribution in [0, 0.1) is 6.92 Å². The largest absolute Gasteiger partial charge is 0.454 e. The lowest BCUT2D eigenvalue weighted by Gasteiger charge is -2.20. The lowest BCUT2D eigenvalue weighted by atomic mass is 10.2. The van der Waals surface area contributed by atoms with Gasteiger partial charge in [0.2, 0.25) is 0 Å². The van der Waals surface area contributed by atoms with Crippen LogP contribution in [0.3, 0.4) is 0 Å². The smallest absolute Gasteiger partial charge is 0.301 e. The summed E-state index contributed by atoms with van der Waals surface area (Å²) in [4.78, 5) is 13.9. The minimum absolute atomic E-state index is 0.313. The second kappa shape index (κ2) is 8.76. The fraction of sp³-hybridized carbons (Fsp3) is 0.667. The van der Waals surface area contributed by atoms with E-state index in [-0.39, 0.29) is 5.91 Å². The monoisotopic (exact) mass is 281 g/mol. The third kappa shape index (κ3) is 4.98. The third-order valence-corrected chi connectivity index (χ3v) is 3.34. The number of nitrogens with one attached hydrogen (secondary N) is 1. The zero-order valence-corrected chi connectivity index (χ0v) is 12.9. The molecule has 1 amide bonds. The van der Waals surface area contributed by atoms with Crippen molar-refractivity contribution in [1.29, 1.82) is 0 Å². The van der Waals surface area contributed by atoms with E-state index >= 15 is 0 Å². The number of amides is 1. The zero-order chi connectivity index (χ0) is 15.0. The molecule has 0 spiro atoms. The molecule has 5 heteroatoms. The van der Waals surface area contributed by atoms with E-state index in [4.69, 9.17) is 10.3 Å². The molecule has 5 nitrogen and oxygen atoms in total. The molecule has 0 aliphatic rings. The Labute approximate surface area is 121 Å². The van der Waals surface area contributed by atoms with E-state index in [1.54, 1.807) is 0 Å². The van der Waals surface area contributed by atoms with Gasteiger partial charge in [-0.2, -0.15) is 0 Å². The van der Waals surface area contributed by atoms with Crippen LogP contribution >= 0.6 is 0 Å². The van der Waals surface area contributed by atoms with Crippen molar-refractivity contribution in [3.63, 3.8) is 0 Å². The normalized spacial score (nSPS) is 11.1. The van der Waals surface area contributed by atoms with E-state index in [2.05, 4.69) is 24.2 Å². The molecule has 0 radical (unpaired) electrons. The van der Waals surface area contributed by atoms with Gasteiger partial charge in [0.05, 0.1) is 6.54 Å². The average molecular weight is 281 g/mol. The molecule has 0 atom stereocenters. The molecule has 114 valence electrons. The number of nitrogen functional groups attached to an aromatic ring is 1. The first-order valence-corrected chi connectivity index (χ1v) is 7.44. The maximum Gasteiger partial charge on any atom is 0.301 e. The molecule has 1 rings (SSSR count). The number of hydrogen-bond acceptors (Lipinski definition) is 4. The average Bonchev–Trinajstić information content (AvgIpc) is 2.81. The number of hydrogen-bond donors (Lipinski definition) is 2. The van der Waals surface area contributed by atoms with E-state index < -0.39 is 0 Å². The maximum atomic E-state index is 11.5. The highest BCUT2D eigenvalue weighted by Gasteiger charge is 2.16. The van der Waals surface area contributed by atoms with Gasteiger partial charge in [-0.3, -0.25) is 15.1 Å². The molecule has 1 heterocycles. The summed E-state index contributed by atoms with van der Waals surface area (Å²) in [6.07, 6.45) is 4.72. The van der Waals surface area contributed by atoms with Crippen molar-refractivity contribution in [2.45, 2.75) is 53.0 Å². The van der Waals surface area contributed by atoms with Gasteiger partial charge < -0.3 is 4.42 Å². The summed E-state index contributed by atoms with van der Waals surface area (Å²) in [6, 6.07) is 1.93. The van der Waals surface area contributed by atoms with Crippen molar-refractivity contribution in [3.05, 3.63) is 23.2 Å². The van der Waals surface area contributed by atoms with Crippen LogP contribution in [0.15, 0.2) is 10.5 Å². The Kier molecular flexibility index (Phi) is 7.33. The van der Waals surface area contributed by atoms with Crippen molar-refractivity contribution < 1.29 is 9.21 Å². The molecule has 0 bridgehead atoms. The fourth-order valence-electron chi connectivity index (χ4n) is 2.17. The fourth-order valence-corrected chi connectivity index (χ4v) is 2.17. The quantitative estimate of drug-likeness (QED) is 0.414. The topological polar surface area (TPSA) is 71.5 Å². The van der Waals surface area contributed by atoms with Gasteiger partial charge in [-0.1, -0.05) is 26.7 Å².